The van der Waals surface area contributed by atoms with Gasteiger partial charge in [0, 0.05) is 17.3 Å². The van der Waals surface area contributed by atoms with Crippen molar-refractivity contribution in [2.24, 2.45) is 0 Å². The van der Waals surface area contributed by atoms with Crippen LogP contribution in [-0.4, -0.2) is 10.7 Å². The van der Waals surface area contributed by atoms with Crippen LogP contribution in [0.5, 0.6) is 0 Å². The van der Waals surface area contributed by atoms with E-state index in [0.717, 1.165) is 22.9 Å². The van der Waals surface area contributed by atoms with Crippen molar-refractivity contribution in [2.45, 2.75) is 13.8 Å². The summed E-state index contributed by atoms with van der Waals surface area (Å²) in [5.41, 5.74) is 6.27. The highest BCUT2D eigenvalue weighted by molar-refractivity contribution is 5.91. The summed E-state index contributed by atoms with van der Waals surface area (Å²) in [6, 6.07) is 14.3. The van der Waals surface area contributed by atoms with E-state index in [1.165, 1.54) is 11.1 Å². The average Bonchev–Trinajstić information content (AvgIpc) is 2.79. The predicted molar refractivity (Wildman–Crippen MR) is 77.7 cm³/mol. The first-order valence-corrected chi connectivity index (χ1v) is 6.34. The summed E-state index contributed by atoms with van der Waals surface area (Å²) >= 11 is 0. The normalized spacial score (nSPS) is 10.8. The van der Waals surface area contributed by atoms with Crippen LogP contribution in [0.15, 0.2) is 48.7 Å². The van der Waals surface area contributed by atoms with Crippen molar-refractivity contribution in [2.75, 3.05) is 0 Å². The molecule has 2 heterocycles. The zero-order chi connectivity index (χ0) is 13.4. The number of aromatic nitrogens is 1. The maximum atomic E-state index is 11.5. The molecule has 0 fully saturated rings. The maximum Gasteiger partial charge on any atom is 0.167 e. The standard InChI is InChI=1S/C17H15NO/c1-12-6-3-4-8-14(12)15-10-16-13(2)7-5-9-18(16)17(15)11-19/h3-11H,1-2H3. The second-order valence-corrected chi connectivity index (χ2v) is 4.82. The molecule has 0 bridgehead atoms. The van der Waals surface area contributed by atoms with Crippen LogP contribution in [0.1, 0.15) is 21.6 Å². The monoisotopic (exact) mass is 249 g/mol. The van der Waals surface area contributed by atoms with Crippen molar-refractivity contribution >= 4 is 11.8 Å². The minimum atomic E-state index is 0.716. The third-order valence-corrected chi connectivity index (χ3v) is 3.61. The molecule has 2 heteroatoms. The molecule has 94 valence electrons. The number of aldehydes is 1. The summed E-state index contributed by atoms with van der Waals surface area (Å²) in [5.74, 6) is 0. The summed E-state index contributed by atoms with van der Waals surface area (Å²) in [4.78, 5) is 11.5. The van der Waals surface area contributed by atoms with Gasteiger partial charge in [-0.15, -0.1) is 0 Å². The van der Waals surface area contributed by atoms with E-state index in [1.807, 2.05) is 28.8 Å². The van der Waals surface area contributed by atoms with Crippen molar-refractivity contribution < 1.29 is 4.79 Å². The fraction of sp³-hybridized carbons (Fsp3) is 0.118. The predicted octanol–water partition coefficient (Wildman–Crippen LogP) is 4.04. The number of aryl methyl sites for hydroxylation is 2. The molecule has 0 saturated carbocycles. The van der Waals surface area contributed by atoms with E-state index in [9.17, 15) is 4.79 Å². The van der Waals surface area contributed by atoms with Crippen LogP contribution in [0, 0.1) is 13.8 Å². The first kappa shape index (κ1) is 11.7. The molecule has 2 nitrogen and oxygen atoms in total. The van der Waals surface area contributed by atoms with E-state index >= 15 is 0 Å². The number of hydrogen-bond acceptors (Lipinski definition) is 1. The maximum absolute atomic E-state index is 11.5. The van der Waals surface area contributed by atoms with Gasteiger partial charge in [-0.1, -0.05) is 30.3 Å². The molecule has 0 atom stereocenters. The number of benzene rings is 1. The van der Waals surface area contributed by atoms with Crippen LogP contribution in [0.2, 0.25) is 0 Å². The Bertz CT molecular complexity index is 768. The number of hydrogen-bond donors (Lipinski definition) is 0. The lowest BCUT2D eigenvalue weighted by atomic mass is 10.0. The van der Waals surface area contributed by atoms with E-state index in [-0.39, 0.29) is 0 Å². The summed E-state index contributed by atoms with van der Waals surface area (Å²) < 4.78 is 1.96. The molecule has 0 N–H and O–H groups in total. The van der Waals surface area contributed by atoms with Crippen molar-refractivity contribution in [3.8, 4) is 11.1 Å². The molecule has 0 unspecified atom stereocenters. The lowest BCUT2D eigenvalue weighted by molar-refractivity contribution is 0.111. The zero-order valence-electron chi connectivity index (χ0n) is 11.1. The second kappa shape index (κ2) is 4.39. The molecule has 0 amide bonds. The molecule has 1 aromatic carbocycles. The summed E-state index contributed by atoms with van der Waals surface area (Å²) in [5, 5.41) is 0. The Hall–Kier alpha value is -2.35. The van der Waals surface area contributed by atoms with E-state index < -0.39 is 0 Å². The van der Waals surface area contributed by atoms with Gasteiger partial charge in [0.15, 0.2) is 6.29 Å². The molecule has 0 spiro atoms. The molecule has 2 aromatic heterocycles. The number of fused-ring (bicyclic) bond motifs is 1. The number of pyridine rings is 1. The minimum Gasteiger partial charge on any atom is -0.313 e. The molecule has 0 radical (unpaired) electrons. The smallest absolute Gasteiger partial charge is 0.167 e. The summed E-state index contributed by atoms with van der Waals surface area (Å²) in [6.07, 6.45) is 2.88. The molecule has 0 aliphatic carbocycles. The fourth-order valence-corrected chi connectivity index (χ4v) is 2.57. The van der Waals surface area contributed by atoms with Gasteiger partial charge in [-0.05, 0) is 42.7 Å². The Morgan fingerprint density at radius 2 is 1.68 bits per heavy atom. The van der Waals surface area contributed by atoms with Gasteiger partial charge in [0.2, 0.25) is 0 Å². The Morgan fingerprint density at radius 1 is 0.947 bits per heavy atom. The Balaban J connectivity index is 2.39. The van der Waals surface area contributed by atoms with Gasteiger partial charge in [-0.25, -0.2) is 0 Å². The van der Waals surface area contributed by atoms with Crippen LogP contribution in [0.25, 0.3) is 16.6 Å². The third-order valence-electron chi connectivity index (χ3n) is 3.61. The molecular formula is C17H15NO. The quantitative estimate of drug-likeness (QED) is 0.628. The van der Waals surface area contributed by atoms with Crippen molar-refractivity contribution in [3.05, 3.63) is 65.5 Å². The lowest BCUT2D eigenvalue weighted by Crippen LogP contribution is -1.93. The van der Waals surface area contributed by atoms with Crippen LogP contribution in [0.4, 0.5) is 0 Å². The molecule has 19 heavy (non-hydrogen) atoms. The highest BCUT2D eigenvalue weighted by Gasteiger charge is 2.13. The van der Waals surface area contributed by atoms with Crippen LogP contribution >= 0.6 is 0 Å². The fourth-order valence-electron chi connectivity index (χ4n) is 2.57. The van der Waals surface area contributed by atoms with E-state index in [2.05, 4.69) is 38.1 Å². The number of rotatable bonds is 2. The Labute approximate surface area is 112 Å². The molecule has 0 saturated heterocycles. The summed E-state index contributed by atoms with van der Waals surface area (Å²) in [7, 11) is 0. The van der Waals surface area contributed by atoms with Gasteiger partial charge in [0.25, 0.3) is 0 Å². The third kappa shape index (κ3) is 1.76. The van der Waals surface area contributed by atoms with Crippen molar-refractivity contribution in [1.82, 2.24) is 4.40 Å². The highest BCUT2D eigenvalue weighted by atomic mass is 16.1. The van der Waals surface area contributed by atoms with Gasteiger partial charge >= 0.3 is 0 Å². The molecule has 3 rings (SSSR count). The van der Waals surface area contributed by atoms with Gasteiger partial charge in [0.05, 0.1) is 5.69 Å². The van der Waals surface area contributed by atoms with E-state index in [1.54, 1.807) is 0 Å². The van der Waals surface area contributed by atoms with Gasteiger partial charge in [-0.2, -0.15) is 0 Å². The summed E-state index contributed by atoms with van der Waals surface area (Å²) in [6.45, 7) is 4.13. The molecule has 3 aromatic rings. The average molecular weight is 249 g/mol. The lowest BCUT2D eigenvalue weighted by Gasteiger charge is -2.04. The molecule has 0 aliphatic rings. The SMILES string of the molecule is Cc1ccccc1-c1cc2c(C)cccn2c1C=O. The first-order valence-electron chi connectivity index (χ1n) is 6.34. The van der Waals surface area contributed by atoms with E-state index in [4.69, 9.17) is 0 Å². The number of carbonyl (C=O) groups is 1. The largest absolute Gasteiger partial charge is 0.313 e. The highest BCUT2D eigenvalue weighted by Crippen LogP contribution is 2.30. The van der Waals surface area contributed by atoms with Gasteiger partial charge in [-0.3, -0.25) is 4.79 Å². The number of nitrogens with zero attached hydrogens (tertiary/aromatic N) is 1. The van der Waals surface area contributed by atoms with Crippen LogP contribution in [0.3, 0.4) is 0 Å². The number of carbonyl (C=O) groups excluding carboxylic acids is 1. The van der Waals surface area contributed by atoms with Gasteiger partial charge in [0.1, 0.15) is 0 Å². The Morgan fingerprint density at radius 3 is 2.42 bits per heavy atom. The van der Waals surface area contributed by atoms with Crippen LogP contribution < -0.4 is 0 Å². The molecular weight excluding hydrogens is 234 g/mol. The van der Waals surface area contributed by atoms with Crippen molar-refractivity contribution in [1.29, 1.82) is 0 Å². The Kier molecular flexibility index (Phi) is 2.71. The van der Waals surface area contributed by atoms with E-state index in [0.29, 0.717) is 5.69 Å². The second-order valence-electron chi connectivity index (χ2n) is 4.82. The van der Waals surface area contributed by atoms with Gasteiger partial charge < -0.3 is 4.40 Å². The minimum absolute atomic E-state index is 0.716. The van der Waals surface area contributed by atoms with Crippen molar-refractivity contribution in [3.63, 3.8) is 0 Å². The molecule has 0 aliphatic heterocycles. The zero-order valence-corrected chi connectivity index (χ0v) is 11.1. The topological polar surface area (TPSA) is 21.5 Å². The van der Waals surface area contributed by atoms with Crippen LogP contribution in [-0.2, 0) is 0 Å². The first-order chi connectivity index (χ1) is 9.22.